The van der Waals surface area contributed by atoms with Crippen molar-refractivity contribution in [2.24, 2.45) is 0 Å². The molecule has 0 aliphatic carbocycles. The van der Waals surface area contributed by atoms with Gasteiger partial charge in [-0.1, -0.05) is 23.7 Å². The van der Waals surface area contributed by atoms with E-state index in [0.717, 1.165) is 22.6 Å². The molecular formula is C15H13Cl2N3. The fourth-order valence-corrected chi connectivity index (χ4v) is 2.63. The molecule has 1 atom stereocenters. The average Bonchev–Trinajstić information content (AvgIpc) is 2.81. The SMILES string of the molecule is CC(Cl)c1nc2c(Cl)cccc2n1Cc1ccccn1. The van der Waals surface area contributed by atoms with Gasteiger partial charge < -0.3 is 4.57 Å². The Balaban J connectivity index is 2.17. The van der Waals surface area contributed by atoms with Gasteiger partial charge in [0.15, 0.2) is 0 Å². The Morgan fingerprint density at radius 1 is 1.20 bits per heavy atom. The summed E-state index contributed by atoms with van der Waals surface area (Å²) in [6.45, 7) is 2.54. The Labute approximate surface area is 127 Å². The van der Waals surface area contributed by atoms with Gasteiger partial charge in [0.25, 0.3) is 0 Å². The van der Waals surface area contributed by atoms with Crippen LogP contribution in [0.5, 0.6) is 0 Å². The first-order valence-electron chi connectivity index (χ1n) is 6.35. The van der Waals surface area contributed by atoms with E-state index in [1.54, 1.807) is 6.20 Å². The number of hydrogen-bond donors (Lipinski definition) is 0. The third kappa shape index (κ3) is 2.39. The van der Waals surface area contributed by atoms with Gasteiger partial charge in [-0.3, -0.25) is 4.98 Å². The molecule has 0 saturated heterocycles. The number of alkyl halides is 1. The number of hydrogen-bond acceptors (Lipinski definition) is 2. The zero-order valence-electron chi connectivity index (χ0n) is 10.9. The van der Waals surface area contributed by atoms with Crippen molar-refractivity contribution in [2.45, 2.75) is 18.8 Å². The third-order valence-electron chi connectivity index (χ3n) is 3.16. The highest BCUT2D eigenvalue weighted by molar-refractivity contribution is 6.35. The van der Waals surface area contributed by atoms with E-state index in [0.29, 0.717) is 11.6 Å². The van der Waals surface area contributed by atoms with Crippen molar-refractivity contribution in [2.75, 3.05) is 0 Å². The molecule has 0 radical (unpaired) electrons. The largest absolute Gasteiger partial charge is 0.321 e. The molecule has 3 nitrogen and oxygen atoms in total. The lowest BCUT2D eigenvalue weighted by molar-refractivity contribution is 0.727. The summed E-state index contributed by atoms with van der Waals surface area (Å²) in [5.41, 5.74) is 2.73. The van der Waals surface area contributed by atoms with Crippen molar-refractivity contribution >= 4 is 34.2 Å². The topological polar surface area (TPSA) is 30.7 Å². The van der Waals surface area contributed by atoms with Crippen LogP contribution in [0, 0.1) is 0 Å². The van der Waals surface area contributed by atoms with Gasteiger partial charge in [-0.2, -0.15) is 0 Å². The summed E-state index contributed by atoms with van der Waals surface area (Å²) in [5.74, 6) is 0.806. The van der Waals surface area contributed by atoms with Crippen molar-refractivity contribution in [3.8, 4) is 0 Å². The summed E-state index contributed by atoms with van der Waals surface area (Å²) < 4.78 is 2.07. The normalized spacial score (nSPS) is 12.8. The average molecular weight is 306 g/mol. The summed E-state index contributed by atoms with van der Waals surface area (Å²) in [7, 11) is 0. The van der Waals surface area contributed by atoms with Crippen LogP contribution in [0.1, 0.15) is 23.8 Å². The van der Waals surface area contributed by atoms with E-state index in [9.17, 15) is 0 Å². The predicted octanol–water partition coefficient (Wildman–Crippen LogP) is 4.43. The van der Waals surface area contributed by atoms with Gasteiger partial charge in [-0.25, -0.2) is 4.98 Å². The monoisotopic (exact) mass is 305 g/mol. The van der Waals surface area contributed by atoms with Crippen molar-refractivity contribution < 1.29 is 0 Å². The Kier molecular flexibility index (Phi) is 3.64. The number of imidazole rings is 1. The maximum atomic E-state index is 6.25. The van der Waals surface area contributed by atoms with E-state index in [4.69, 9.17) is 23.2 Å². The number of fused-ring (bicyclic) bond motifs is 1. The highest BCUT2D eigenvalue weighted by Crippen LogP contribution is 2.29. The van der Waals surface area contributed by atoms with Crippen molar-refractivity contribution in [1.29, 1.82) is 0 Å². The van der Waals surface area contributed by atoms with Crippen molar-refractivity contribution in [1.82, 2.24) is 14.5 Å². The van der Waals surface area contributed by atoms with Gasteiger partial charge in [0.2, 0.25) is 0 Å². The first-order chi connectivity index (χ1) is 9.66. The Hall–Kier alpha value is -1.58. The number of aromatic nitrogens is 3. The molecule has 20 heavy (non-hydrogen) atoms. The van der Waals surface area contributed by atoms with Crippen LogP contribution in [0.2, 0.25) is 5.02 Å². The van der Waals surface area contributed by atoms with E-state index in [1.807, 2.05) is 43.3 Å². The molecule has 102 valence electrons. The molecular weight excluding hydrogens is 293 g/mol. The molecule has 0 spiro atoms. The van der Waals surface area contributed by atoms with Crippen LogP contribution >= 0.6 is 23.2 Å². The number of pyridine rings is 1. The van der Waals surface area contributed by atoms with Gasteiger partial charge >= 0.3 is 0 Å². The molecule has 0 bridgehead atoms. The lowest BCUT2D eigenvalue weighted by Crippen LogP contribution is -2.06. The molecule has 0 aliphatic heterocycles. The molecule has 3 aromatic rings. The second-order valence-electron chi connectivity index (χ2n) is 4.60. The zero-order chi connectivity index (χ0) is 14.1. The molecule has 0 N–H and O–H groups in total. The molecule has 5 heteroatoms. The van der Waals surface area contributed by atoms with Crippen molar-refractivity contribution in [3.63, 3.8) is 0 Å². The number of nitrogens with zero attached hydrogens (tertiary/aromatic N) is 3. The Morgan fingerprint density at radius 2 is 2.05 bits per heavy atom. The third-order valence-corrected chi connectivity index (χ3v) is 3.66. The first-order valence-corrected chi connectivity index (χ1v) is 7.17. The van der Waals surface area contributed by atoms with E-state index in [2.05, 4.69) is 14.5 Å². The molecule has 2 aromatic heterocycles. The van der Waals surface area contributed by atoms with Gasteiger partial charge in [0.05, 0.1) is 28.2 Å². The number of halogens is 2. The van der Waals surface area contributed by atoms with Gasteiger partial charge in [0.1, 0.15) is 11.3 Å². The van der Waals surface area contributed by atoms with Crippen LogP contribution in [-0.4, -0.2) is 14.5 Å². The lowest BCUT2D eigenvalue weighted by atomic mass is 10.3. The second kappa shape index (κ2) is 5.43. The van der Waals surface area contributed by atoms with E-state index < -0.39 is 0 Å². The first kappa shape index (κ1) is 13.4. The maximum absolute atomic E-state index is 6.25. The smallest absolute Gasteiger partial charge is 0.128 e. The lowest BCUT2D eigenvalue weighted by Gasteiger charge is -2.10. The Bertz CT molecular complexity index is 735. The number of benzene rings is 1. The van der Waals surface area contributed by atoms with E-state index >= 15 is 0 Å². The standard InChI is InChI=1S/C15H13Cl2N3/c1-10(16)15-19-14-12(17)6-4-7-13(14)20(15)9-11-5-2-3-8-18-11/h2-8,10H,9H2,1H3. The summed E-state index contributed by atoms with van der Waals surface area (Å²) in [6.07, 6.45) is 1.78. The van der Waals surface area contributed by atoms with Crippen LogP contribution in [-0.2, 0) is 6.54 Å². The quantitative estimate of drug-likeness (QED) is 0.670. The van der Waals surface area contributed by atoms with Crippen LogP contribution in [0.25, 0.3) is 11.0 Å². The fourth-order valence-electron chi connectivity index (χ4n) is 2.25. The molecule has 2 heterocycles. The fraction of sp³-hybridized carbons (Fsp3) is 0.200. The van der Waals surface area contributed by atoms with Crippen LogP contribution < -0.4 is 0 Å². The minimum Gasteiger partial charge on any atom is -0.321 e. The molecule has 3 rings (SSSR count). The molecule has 0 saturated carbocycles. The number of para-hydroxylation sites is 1. The Morgan fingerprint density at radius 3 is 2.75 bits per heavy atom. The highest BCUT2D eigenvalue weighted by atomic mass is 35.5. The molecule has 1 unspecified atom stereocenters. The minimum atomic E-state index is -0.192. The summed E-state index contributed by atoms with van der Waals surface area (Å²) >= 11 is 12.5. The van der Waals surface area contributed by atoms with Gasteiger partial charge in [0, 0.05) is 6.20 Å². The molecule has 0 aliphatic rings. The number of rotatable bonds is 3. The predicted molar refractivity (Wildman–Crippen MR) is 82.4 cm³/mol. The van der Waals surface area contributed by atoms with E-state index in [1.165, 1.54) is 0 Å². The summed E-state index contributed by atoms with van der Waals surface area (Å²) in [6, 6.07) is 11.6. The van der Waals surface area contributed by atoms with Crippen LogP contribution in [0.15, 0.2) is 42.6 Å². The van der Waals surface area contributed by atoms with Crippen LogP contribution in [0.4, 0.5) is 0 Å². The van der Waals surface area contributed by atoms with Crippen LogP contribution in [0.3, 0.4) is 0 Å². The molecule has 1 aromatic carbocycles. The zero-order valence-corrected chi connectivity index (χ0v) is 12.4. The summed E-state index contributed by atoms with van der Waals surface area (Å²) in [4.78, 5) is 8.94. The van der Waals surface area contributed by atoms with Crippen molar-refractivity contribution in [3.05, 3.63) is 59.1 Å². The van der Waals surface area contributed by atoms with Gasteiger partial charge in [-0.15, -0.1) is 11.6 Å². The second-order valence-corrected chi connectivity index (χ2v) is 5.66. The molecule has 0 fully saturated rings. The van der Waals surface area contributed by atoms with E-state index in [-0.39, 0.29) is 5.38 Å². The summed E-state index contributed by atoms with van der Waals surface area (Å²) in [5, 5.41) is 0.447. The van der Waals surface area contributed by atoms with Gasteiger partial charge in [-0.05, 0) is 31.2 Å². The highest BCUT2D eigenvalue weighted by Gasteiger charge is 2.16. The minimum absolute atomic E-state index is 0.192. The molecule has 0 amide bonds. The maximum Gasteiger partial charge on any atom is 0.128 e.